The molecule has 3 nitrogen and oxygen atoms in total. The van der Waals surface area contributed by atoms with Crippen molar-refractivity contribution >= 4 is 17.5 Å². The summed E-state index contributed by atoms with van der Waals surface area (Å²) in [5, 5.41) is 3.87. The van der Waals surface area contributed by atoms with Gasteiger partial charge in [-0.15, -0.1) is 0 Å². The first kappa shape index (κ1) is 8.75. The second-order valence-corrected chi connectivity index (χ2v) is 4.20. The zero-order valence-electron chi connectivity index (χ0n) is 7.55. The minimum Gasteiger partial charge on any atom is -0.349 e. The standard InChI is InChI=1S/C9H12ClN3/c1-9(3-2-4-9)13-8-11-5-7(10)6-12-8/h5-6H,2-4H2,1H3,(H,11,12,13). The molecule has 0 aliphatic heterocycles. The van der Waals surface area contributed by atoms with Gasteiger partial charge in [0, 0.05) is 5.54 Å². The molecule has 2 rings (SSSR count). The molecular formula is C9H12ClN3. The quantitative estimate of drug-likeness (QED) is 0.792. The average Bonchev–Trinajstić information content (AvgIpc) is 2.06. The van der Waals surface area contributed by atoms with Gasteiger partial charge in [0.25, 0.3) is 0 Å². The molecule has 0 spiro atoms. The molecule has 70 valence electrons. The fraction of sp³-hybridized carbons (Fsp3) is 0.556. The van der Waals surface area contributed by atoms with Crippen molar-refractivity contribution in [3.63, 3.8) is 0 Å². The largest absolute Gasteiger partial charge is 0.349 e. The van der Waals surface area contributed by atoms with Crippen LogP contribution in [0, 0.1) is 0 Å². The Kier molecular flexibility index (Phi) is 2.12. The third-order valence-corrected chi connectivity index (χ3v) is 2.69. The summed E-state index contributed by atoms with van der Waals surface area (Å²) in [4.78, 5) is 8.18. The fourth-order valence-corrected chi connectivity index (χ4v) is 1.58. The van der Waals surface area contributed by atoms with Crippen molar-refractivity contribution in [2.45, 2.75) is 31.7 Å². The van der Waals surface area contributed by atoms with Crippen molar-refractivity contribution in [1.29, 1.82) is 0 Å². The van der Waals surface area contributed by atoms with Crippen molar-refractivity contribution in [2.75, 3.05) is 5.32 Å². The van der Waals surface area contributed by atoms with Gasteiger partial charge in [-0.2, -0.15) is 0 Å². The van der Waals surface area contributed by atoms with E-state index < -0.39 is 0 Å². The summed E-state index contributed by atoms with van der Waals surface area (Å²) in [5.74, 6) is 0.673. The molecule has 1 aliphatic carbocycles. The average molecular weight is 198 g/mol. The van der Waals surface area contributed by atoms with E-state index in [9.17, 15) is 0 Å². The molecule has 4 heteroatoms. The molecule has 1 aromatic rings. The predicted octanol–water partition coefficient (Wildman–Crippen LogP) is 2.48. The third-order valence-electron chi connectivity index (χ3n) is 2.49. The molecule has 0 unspecified atom stereocenters. The fourth-order valence-electron chi connectivity index (χ4n) is 1.48. The molecule has 1 aliphatic rings. The Morgan fingerprint density at radius 2 is 2.00 bits per heavy atom. The monoisotopic (exact) mass is 197 g/mol. The molecule has 0 atom stereocenters. The van der Waals surface area contributed by atoms with Crippen LogP contribution >= 0.6 is 11.6 Å². The van der Waals surface area contributed by atoms with E-state index in [-0.39, 0.29) is 5.54 Å². The second kappa shape index (κ2) is 3.14. The van der Waals surface area contributed by atoms with Crippen molar-refractivity contribution in [3.05, 3.63) is 17.4 Å². The Labute approximate surface area is 82.5 Å². The van der Waals surface area contributed by atoms with E-state index in [4.69, 9.17) is 11.6 Å². The summed E-state index contributed by atoms with van der Waals surface area (Å²) in [6.07, 6.45) is 6.90. The topological polar surface area (TPSA) is 37.8 Å². The molecule has 0 saturated heterocycles. The number of nitrogens with one attached hydrogen (secondary N) is 1. The lowest BCUT2D eigenvalue weighted by Gasteiger charge is -2.39. The highest BCUT2D eigenvalue weighted by atomic mass is 35.5. The van der Waals surface area contributed by atoms with Gasteiger partial charge in [0.05, 0.1) is 17.4 Å². The maximum absolute atomic E-state index is 5.68. The molecule has 13 heavy (non-hydrogen) atoms. The third kappa shape index (κ3) is 1.91. The van der Waals surface area contributed by atoms with Crippen molar-refractivity contribution in [2.24, 2.45) is 0 Å². The maximum Gasteiger partial charge on any atom is 0.223 e. The minimum absolute atomic E-state index is 0.202. The van der Waals surface area contributed by atoms with Gasteiger partial charge < -0.3 is 5.32 Å². The summed E-state index contributed by atoms with van der Waals surface area (Å²) in [6.45, 7) is 2.19. The molecular weight excluding hydrogens is 186 g/mol. The number of rotatable bonds is 2. The molecule has 0 amide bonds. The number of nitrogens with zero attached hydrogens (tertiary/aromatic N) is 2. The SMILES string of the molecule is CC1(Nc2ncc(Cl)cn2)CCC1. The van der Waals surface area contributed by atoms with Crippen LogP contribution in [0.2, 0.25) is 5.02 Å². The summed E-state index contributed by atoms with van der Waals surface area (Å²) in [7, 11) is 0. The first-order valence-electron chi connectivity index (χ1n) is 4.44. The molecule has 1 aromatic heterocycles. The van der Waals surface area contributed by atoms with Crippen LogP contribution < -0.4 is 5.32 Å². The lowest BCUT2D eigenvalue weighted by Crippen LogP contribution is -2.42. The van der Waals surface area contributed by atoms with E-state index in [0.717, 1.165) is 0 Å². The van der Waals surface area contributed by atoms with Gasteiger partial charge in [0.1, 0.15) is 0 Å². The maximum atomic E-state index is 5.68. The highest BCUT2D eigenvalue weighted by Crippen LogP contribution is 2.33. The summed E-state index contributed by atoms with van der Waals surface area (Å²) in [6, 6.07) is 0. The van der Waals surface area contributed by atoms with Gasteiger partial charge >= 0.3 is 0 Å². The van der Waals surface area contributed by atoms with Crippen LogP contribution in [0.5, 0.6) is 0 Å². The van der Waals surface area contributed by atoms with E-state index >= 15 is 0 Å². The summed E-state index contributed by atoms with van der Waals surface area (Å²) < 4.78 is 0. The molecule has 0 aromatic carbocycles. The Morgan fingerprint density at radius 1 is 1.38 bits per heavy atom. The van der Waals surface area contributed by atoms with E-state index in [1.807, 2.05) is 0 Å². The number of anilines is 1. The molecule has 0 bridgehead atoms. The number of halogens is 1. The predicted molar refractivity (Wildman–Crippen MR) is 52.9 cm³/mol. The van der Waals surface area contributed by atoms with Gasteiger partial charge in [-0.1, -0.05) is 11.6 Å². The molecule has 1 saturated carbocycles. The highest BCUT2D eigenvalue weighted by molar-refractivity contribution is 6.30. The zero-order valence-corrected chi connectivity index (χ0v) is 8.30. The molecule has 1 heterocycles. The van der Waals surface area contributed by atoms with E-state index in [2.05, 4.69) is 22.2 Å². The Morgan fingerprint density at radius 3 is 2.46 bits per heavy atom. The smallest absolute Gasteiger partial charge is 0.223 e. The first-order valence-corrected chi connectivity index (χ1v) is 4.82. The van der Waals surface area contributed by atoms with Crippen LogP contribution in [-0.2, 0) is 0 Å². The van der Waals surface area contributed by atoms with Crippen molar-refractivity contribution < 1.29 is 0 Å². The van der Waals surface area contributed by atoms with Crippen LogP contribution in [0.25, 0.3) is 0 Å². The van der Waals surface area contributed by atoms with Crippen LogP contribution in [0.15, 0.2) is 12.4 Å². The van der Waals surface area contributed by atoms with Crippen molar-refractivity contribution in [1.82, 2.24) is 9.97 Å². The van der Waals surface area contributed by atoms with E-state index in [1.54, 1.807) is 12.4 Å². The summed E-state index contributed by atoms with van der Waals surface area (Å²) >= 11 is 5.68. The number of hydrogen-bond acceptors (Lipinski definition) is 3. The van der Waals surface area contributed by atoms with Crippen LogP contribution in [0.3, 0.4) is 0 Å². The molecule has 1 fully saturated rings. The first-order chi connectivity index (χ1) is 6.18. The highest BCUT2D eigenvalue weighted by Gasteiger charge is 2.31. The van der Waals surface area contributed by atoms with Gasteiger partial charge in [0.2, 0.25) is 5.95 Å². The second-order valence-electron chi connectivity index (χ2n) is 3.76. The number of hydrogen-bond donors (Lipinski definition) is 1. The van der Waals surface area contributed by atoms with Gasteiger partial charge in [-0.25, -0.2) is 9.97 Å². The zero-order chi connectivity index (χ0) is 9.31. The van der Waals surface area contributed by atoms with Gasteiger partial charge in [-0.05, 0) is 26.2 Å². The number of aromatic nitrogens is 2. The van der Waals surface area contributed by atoms with Crippen LogP contribution in [-0.4, -0.2) is 15.5 Å². The summed E-state index contributed by atoms with van der Waals surface area (Å²) in [5.41, 5.74) is 0.202. The Hall–Kier alpha value is -0.830. The van der Waals surface area contributed by atoms with E-state index in [0.29, 0.717) is 11.0 Å². The Balaban J connectivity index is 2.05. The normalized spacial score (nSPS) is 19.2. The van der Waals surface area contributed by atoms with Gasteiger partial charge in [-0.3, -0.25) is 0 Å². The van der Waals surface area contributed by atoms with Crippen LogP contribution in [0.4, 0.5) is 5.95 Å². The molecule has 1 N–H and O–H groups in total. The van der Waals surface area contributed by atoms with E-state index in [1.165, 1.54) is 19.3 Å². The van der Waals surface area contributed by atoms with Crippen LogP contribution in [0.1, 0.15) is 26.2 Å². The Bertz CT molecular complexity index is 292. The van der Waals surface area contributed by atoms with Gasteiger partial charge in [0.15, 0.2) is 0 Å². The lowest BCUT2D eigenvalue weighted by molar-refractivity contribution is 0.305. The molecule has 0 radical (unpaired) electrons. The minimum atomic E-state index is 0.202. The lowest BCUT2D eigenvalue weighted by atomic mass is 9.79. The van der Waals surface area contributed by atoms with Crippen molar-refractivity contribution in [3.8, 4) is 0 Å².